The third-order valence-electron chi connectivity index (χ3n) is 23.6. The molecule has 1 aliphatic carbocycles. The number of pyridine rings is 8. The molecule has 2 fully saturated rings. The number of fused-ring (bicyclic) bond motifs is 8. The van der Waals surface area contributed by atoms with Gasteiger partial charge in [0.25, 0.3) is 5.91 Å². The summed E-state index contributed by atoms with van der Waals surface area (Å²) in [6.07, 6.45) is 33.6. The average Bonchev–Trinajstić information content (AvgIpc) is 1.63. The van der Waals surface area contributed by atoms with Gasteiger partial charge in [0.15, 0.2) is 23.3 Å². The summed E-state index contributed by atoms with van der Waals surface area (Å²) in [6.45, 7) is 3.92. The maximum Gasteiger partial charge on any atom is 0.255 e. The van der Waals surface area contributed by atoms with Crippen molar-refractivity contribution in [1.29, 1.82) is 0 Å². The van der Waals surface area contributed by atoms with Crippen LogP contribution in [0.4, 0.5) is 28.4 Å². The molecule has 1 saturated heterocycles. The summed E-state index contributed by atoms with van der Waals surface area (Å²) >= 11 is 0. The van der Waals surface area contributed by atoms with Gasteiger partial charge in [-0.2, -0.15) is 20.4 Å². The van der Waals surface area contributed by atoms with Gasteiger partial charge < -0.3 is 51.4 Å². The predicted octanol–water partition coefficient (Wildman–Crippen LogP) is 17.5. The summed E-state index contributed by atoms with van der Waals surface area (Å²) < 4.78 is 0. The Labute approximate surface area is 750 Å². The zero-order valence-electron chi connectivity index (χ0n) is 71.0. The Morgan fingerprint density at radius 3 is 1.23 bits per heavy atom. The minimum Gasteiger partial charge on any atom is -0.397 e. The molecule has 17 heterocycles. The third kappa shape index (κ3) is 17.3. The number of nitrogen functional groups attached to an aromatic ring is 1. The molecule has 0 spiro atoms. The number of nitrogens with two attached hydrogens (primary N) is 1. The molecule has 1 aliphatic heterocycles. The molecule has 33 heteroatoms. The van der Waals surface area contributed by atoms with E-state index in [1.807, 2.05) is 170 Å². The lowest BCUT2D eigenvalue weighted by Gasteiger charge is -2.33. The third-order valence-corrected chi connectivity index (χ3v) is 23.6. The van der Waals surface area contributed by atoms with E-state index in [0.29, 0.717) is 52.3 Å². The summed E-state index contributed by atoms with van der Waals surface area (Å²) in [7, 11) is 2.15. The van der Waals surface area contributed by atoms with Crippen LogP contribution >= 0.6 is 0 Å². The first-order chi connectivity index (χ1) is 64.9. The number of nitrogens with one attached hydrogen (secondary N) is 11. The lowest BCUT2D eigenvalue weighted by molar-refractivity contribution is -0.120. The molecule has 3 amide bonds. The molecule has 0 radical (unpaired) electrons. The van der Waals surface area contributed by atoms with Crippen LogP contribution in [0.5, 0.6) is 0 Å². The maximum absolute atomic E-state index is 12.8. The van der Waals surface area contributed by atoms with Crippen molar-refractivity contribution >= 4 is 134 Å². The maximum atomic E-state index is 12.8. The first-order valence-electron chi connectivity index (χ1n) is 43.1. The summed E-state index contributed by atoms with van der Waals surface area (Å²) in [4.78, 5) is 109. The van der Waals surface area contributed by atoms with E-state index >= 15 is 0 Å². The molecular formula is C99H82N30O3. The molecule has 24 rings (SSSR count). The number of likely N-dealkylation sites (N-methyl/N-ethyl adjacent to an activating group) is 1. The topological polar surface area (TPSA) is 452 Å². The highest BCUT2D eigenvalue weighted by Crippen LogP contribution is 2.38. The van der Waals surface area contributed by atoms with E-state index in [1.165, 1.54) is 6.42 Å². The molecule has 6 aromatic carbocycles. The average molecular weight is 1740 g/mol. The van der Waals surface area contributed by atoms with Gasteiger partial charge in [-0.05, 0) is 151 Å². The molecule has 33 nitrogen and oxygen atoms in total. The summed E-state index contributed by atoms with van der Waals surface area (Å²) in [6, 6.07) is 56.3. The van der Waals surface area contributed by atoms with E-state index in [1.54, 1.807) is 92.7 Å². The number of aromatic amines is 8. The van der Waals surface area contributed by atoms with E-state index in [4.69, 9.17) is 10.7 Å². The number of carbonyl (C=O) groups excluding carboxylic acids is 3. The largest absolute Gasteiger partial charge is 0.397 e. The monoisotopic (exact) mass is 1740 g/mol. The highest BCUT2D eigenvalue weighted by atomic mass is 16.2. The zero-order chi connectivity index (χ0) is 89.0. The van der Waals surface area contributed by atoms with E-state index in [0.717, 1.165) is 224 Å². The number of H-pyrrole nitrogens is 8. The van der Waals surface area contributed by atoms with Crippen molar-refractivity contribution in [2.24, 2.45) is 5.92 Å². The second-order valence-electron chi connectivity index (χ2n) is 32.4. The fraction of sp³-hybridized carbons (Fsp3) is 0.121. The SMILES string of the molecule is CN1CCN(c2cncc3[nH]c(-c4n[nH]c5ccc(-c6cncc(NC(=O)C7CCCCC7)c6)cc45)nc23)CC1.Nc1cncc(-c2ccc3[nH]nc(-c4nc5ccncc5[nH]4)c3c2)c1.O=C(Cc1ccccc1)Nc1cncc(-c2ccc3[nH]nc(-c4nc5ccncc5[nH]4)c3c2)c1.O=C(Nc1cncc(-c2ccc3[nH]nc(-c4nc5ccncc5[nH]4)c3c2)c1)c1ccccc1. The van der Waals surface area contributed by atoms with E-state index in [9.17, 15) is 14.4 Å². The van der Waals surface area contributed by atoms with Crippen LogP contribution in [0.15, 0.2) is 275 Å². The summed E-state index contributed by atoms with van der Waals surface area (Å²) in [5.41, 5.74) is 32.2. The molecule has 13 N–H and O–H groups in total. The molecule has 0 atom stereocenters. The Kier molecular flexibility index (Phi) is 22.1. The smallest absolute Gasteiger partial charge is 0.255 e. The molecule has 1 saturated carbocycles. The van der Waals surface area contributed by atoms with Crippen LogP contribution in [0.25, 0.3) is 178 Å². The van der Waals surface area contributed by atoms with Crippen molar-refractivity contribution in [3.8, 4) is 90.6 Å². The van der Waals surface area contributed by atoms with Gasteiger partial charge in [0.05, 0.1) is 145 Å². The fourth-order valence-corrected chi connectivity index (χ4v) is 16.7. The summed E-state index contributed by atoms with van der Waals surface area (Å²) in [5, 5.41) is 43.1. The Hall–Kier alpha value is -17.8. The van der Waals surface area contributed by atoms with Gasteiger partial charge in [0.1, 0.15) is 28.3 Å². The Balaban J connectivity index is 0.000000107. The van der Waals surface area contributed by atoms with Crippen molar-refractivity contribution in [2.45, 2.75) is 38.5 Å². The Morgan fingerprint density at radius 2 is 0.773 bits per heavy atom. The van der Waals surface area contributed by atoms with Gasteiger partial charge in [0, 0.05) is 131 Å². The van der Waals surface area contributed by atoms with Gasteiger partial charge in [-0.3, -0.25) is 74.7 Å². The number of benzene rings is 6. The number of imidazole rings is 4. The molecule has 0 unspecified atom stereocenters. The van der Waals surface area contributed by atoms with Crippen molar-refractivity contribution in [3.63, 3.8) is 0 Å². The standard InChI is InChI=1S/C30H33N9O.C26H19N7O.C25H17N7O.C18H13N7/c1-38-9-11-39(12-10-38)26-18-32-17-25-28(26)35-29(34-25)27-23-14-20(7-8-24(23)36-37-27)21-13-22(16-31-15-21)33-30(40)19-5-3-2-4-6-19;34-24(10-16-4-2-1-3-5-16)29-19-11-18(13-28-14-19)17-6-7-21-20(12-17)25(33-32-21)26-30-22-8-9-27-15-23(22)31-26;33-25(15-4-2-1-3-5-15)28-18-10-17(12-27-13-18)16-6-7-20-19(11-16)23(32-31-20)24-29-21-8-9-26-14-22(21)30-24;19-12-5-11(7-21-8-12)10-1-2-14-13(6-10)17(25-24-14)18-22-15-3-4-20-9-16(15)23-18/h7-8,13-19H,2-6,9-12H2,1H3,(H,33,40)(H,34,35)(H,36,37);1-9,11-15H,10H2,(H,29,34)(H,30,31)(H,32,33);1-14H,(H,28,33)(H,29,30)(H,31,32);1-9H,19H2,(H,22,23)(H,24,25). The van der Waals surface area contributed by atoms with Crippen molar-refractivity contribution < 1.29 is 14.4 Å². The van der Waals surface area contributed by atoms with Gasteiger partial charge in [-0.15, -0.1) is 0 Å². The lowest BCUT2D eigenvalue weighted by Crippen LogP contribution is -2.44. The zero-order valence-corrected chi connectivity index (χ0v) is 71.0. The number of rotatable bonds is 16. The highest BCUT2D eigenvalue weighted by Gasteiger charge is 2.26. The fourth-order valence-electron chi connectivity index (χ4n) is 16.7. The highest BCUT2D eigenvalue weighted by molar-refractivity contribution is 6.06. The molecule has 0 bridgehead atoms. The first kappa shape index (κ1) is 81.3. The number of aromatic nitrogens is 24. The van der Waals surface area contributed by atoms with Crippen LogP contribution in [0.3, 0.4) is 0 Å². The first-order valence-corrected chi connectivity index (χ1v) is 43.1. The predicted molar refractivity (Wildman–Crippen MR) is 511 cm³/mol. The van der Waals surface area contributed by atoms with Crippen LogP contribution in [0, 0.1) is 5.92 Å². The Morgan fingerprint density at radius 1 is 0.371 bits per heavy atom. The van der Waals surface area contributed by atoms with Gasteiger partial charge >= 0.3 is 0 Å². The number of hydrogen-bond donors (Lipinski definition) is 12. The minimum atomic E-state index is -0.179. The van der Waals surface area contributed by atoms with Gasteiger partial charge in [-0.1, -0.05) is 92.1 Å². The van der Waals surface area contributed by atoms with Gasteiger partial charge in [0.2, 0.25) is 11.8 Å². The van der Waals surface area contributed by atoms with Crippen molar-refractivity contribution in [3.05, 3.63) is 286 Å². The number of nitrogens with zero attached hydrogens (tertiary/aromatic N) is 18. The normalized spacial score (nSPS) is 13.0. The Bertz CT molecular complexity index is 7910. The molecule has 22 aromatic rings. The van der Waals surface area contributed by atoms with Gasteiger partial charge in [-0.25, -0.2) is 19.9 Å². The minimum absolute atomic E-state index is 0.0860. The van der Waals surface area contributed by atoms with Crippen LogP contribution < -0.4 is 26.6 Å². The number of anilines is 5. The van der Waals surface area contributed by atoms with Crippen molar-refractivity contribution in [1.82, 2.24) is 125 Å². The van der Waals surface area contributed by atoms with Crippen molar-refractivity contribution in [2.75, 3.05) is 59.8 Å². The number of hydrogen-bond acceptors (Lipinski definition) is 22. The molecule has 2 aliphatic rings. The van der Waals surface area contributed by atoms with Crippen LogP contribution in [0.1, 0.15) is 48.0 Å². The van der Waals surface area contributed by atoms with E-state index in [-0.39, 0.29) is 23.6 Å². The quantitative estimate of drug-likeness (QED) is 0.0427. The number of piperazine rings is 1. The second-order valence-corrected chi connectivity index (χ2v) is 32.4. The van der Waals surface area contributed by atoms with Crippen LogP contribution in [0.2, 0.25) is 0 Å². The number of amides is 3. The van der Waals surface area contributed by atoms with Crippen LogP contribution in [-0.4, -0.2) is 176 Å². The van der Waals surface area contributed by atoms with E-state index < -0.39 is 0 Å². The molecule has 646 valence electrons. The second kappa shape index (κ2) is 35.9. The molecular weight excluding hydrogens is 1660 g/mol. The molecule has 132 heavy (non-hydrogen) atoms. The number of carbonyl (C=O) groups is 3. The molecule has 16 aromatic heterocycles. The lowest BCUT2D eigenvalue weighted by atomic mass is 9.88. The van der Waals surface area contributed by atoms with E-state index in [2.05, 4.69) is 160 Å². The van der Waals surface area contributed by atoms with Crippen LogP contribution in [-0.2, 0) is 16.0 Å². The summed E-state index contributed by atoms with van der Waals surface area (Å²) in [5.74, 6) is 2.68.